The number of rotatable bonds is 8. The average molecular weight is 205 g/mol. The smallest absolute Gasteiger partial charge is 0.303 e. The van der Waals surface area contributed by atoms with Gasteiger partial charge in [-0.2, -0.15) is 0 Å². The molecule has 0 rings (SSSR count). The van der Waals surface area contributed by atoms with Gasteiger partial charge in [0.15, 0.2) is 0 Å². The van der Waals surface area contributed by atoms with Crippen LogP contribution < -0.4 is 5.32 Å². The molecule has 0 radical (unpaired) electrons. The predicted molar refractivity (Wildman–Crippen MR) is 52.1 cm³/mol. The van der Waals surface area contributed by atoms with E-state index in [2.05, 4.69) is 5.32 Å². The third-order valence-corrected chi connectivity index (χ3v) is 1.84. The Morgan fingerprint density at radius 3 is 2.57 bits per heavy atom. The lowest BCUT2D eigenvalue weighted by Crippen LogP contribution is -2.41. The Kier molecular flexibility index (Phi) is 6.44. The third kappa shape index (κ3) is 7.97. The molecule has 0 aromatic carbocycles. The van der Waals surface area contributed by atoms with Crippen LogP contribution in [0.25, 0.3) is 0 Å². The van der Waals surface area contributed by atoms with E-state index in [1.54, 1.807) is 0 Å². The maximum atomic E-state index is 10.1. The first kappa shape index (κ1) is 13.4. The van der Waals surface area contributed by atoms with Gasteiger partial charge in [0, 0.05) is 13.0 Å². The topological polar surface area (TPSA) is 89.8 Å². The summed E-state index contributed by atoms with van der Waals surface area (Å²) in [5, 5.41) is 29.4. The fraction of sp³-hybridized carbons (Fsp3) is 0.889. The highest BCUT2D eigenvalue weighted by molar-refractivity contribution is 5.66. The highest BCUT2D eigenvalue weighted by atomic mass is 16.4. The van der Waals surface area contributed by atoms with Gasteiger partial charge in [0.1, 0.15) is 0 Å². The first-order valence-corrected chi connectivity index (χ1v) is 4.74. The highest BCUT2D eigenvalue weighted by Crippen LogP contribution is 1.99. The molecule has 84 valence electrons. The van der Waals surface area contributed by atoms with Crippen LogP contribution in [-0.2, 0) is 4.79 Å². The van der Waals surface area contributed by atoms with E-state index in [4.69, 9.17) is 10.2 Å². The van der Waals surface area contributed by atoms with Crippen molar-refractivity contribution in [3.63, 3.8) is 0 Å². The van der Waals surface area contributed by atoms with Crippen LogP contribution in [0, 0.1) is 0 Å². The molecule has 5 nitrogen and oxygen atoms in total. The van der Waals surface area contributed by atoms with Crippen molar-refractivity contribution in [1.82, 2.24) is 5.32 Å². The van der Waals surface area contributed by atoms with Crippen LogP contribution in [0.15, 0.2) is 0 Å². The first-order valence-electron chi connectivity index (χ1n) is 4.74. The summed E-state index contributed by atoms with van der Waals surface area (Å²) >= 11 is 0. The molecule has 1 unspecified atom stereocenters. The highest BCUT2D eigenvalue weighted by Gasteiger charge is 2.17. The van der Waals surface area contributed by atoms with Crippen LogP contribution in [0.5, 0.6) is 0 Å². The van der Waals surface area contributed by atoms with E-state index in [-0.39, 0.29) is 13.0 Å². The lowest BCUT2D eigenvalue weighted by atomic mass is 10.1. The van der Waals surface area contributed by atoms with E-state index < -0.39 is 11.6 Å². The van der Waals surface area contributed by atoms with E-state index >= 15 is 0 Å². The molecule has 5 heteroatoms. The molecule has 0 aliphatic heterocycles. The SMILES string of the molecule is CC(O)(CO)CNCCCCC(=O)O. The zero-order valence-corrected chi connectivity index (χ0v) is 8.49. The lowest BCUT2D eigenvalue weighted by molar-refractivity contribution is -0.137. The second-order valence-electron chi connectivity index (χ2n) is 3.68. The van der Waals surface area contributed by atoms with Gasteiger partial charge in [-0.15, -0.1) is 0 Å². The minimum atomic E-state index is -1.09. The first-order chi connectivity index (χ1) is 6.48. The lowest BCUT2D eigenvalue weighted by Gasteiger charge is -2.20. The van der Waals surface area contributed by atoms with Crippen LogP contribution >= 0.6 is 0 Å². The molecular weight excluding hydrogens is 186 g/mol. The zero-order chi connectivity index (χ0) is 11.0. The summed E-state index contributed by atoms with van der Waals surface area (Å²) in [5.41, 5.74) is -1.09. The van der Waals surface area contributed by atoms with Gasteiger partial charge in [-0.05, 0) is 26.3 Å². The summed E-state index contributed by atoms with van der Waals surface area (Å²) in [6, 6.07) is 0. The van der Waals surface area contributed by atoms with Gasteiger partial charge in [-0.3, -0.25) is 4.79 Å². The molecule has 0 bridgehead atoms. The van der Waals surface area contributed by atoms with Gasteiger partial charge >= 0.3 is 5.97 Å². The van der Waals surface area contributed by atoms with Gasteiger partial charge in [0.2, 0.25) is 0 Å². The van der Waals surface area contributed by atoms with E-state index in [0.29, 0.717) is 19.5 Å². The van der Waals surface area contributed by atoms with Crippen LogP contribution in [0.2, 0.25) is 0 Å². The Hall–Kier alpha value is -0.650. The Balaban J connectivity index is 3.25. The number of nitrogens with one attached hydrogen (secondary N) is 1. The van der Waals surface area contributed by atoms with Crippen LogP contribution in [0.3, 0.4) is 0 Å². The fourth-order valence-corrected chi connectivity index (χ4v) is 0.940. The van der Waals surface area contributed by atoms with Crippen LogP contribution in [-0.4, -0.2) is 46.6 Å². The van der Waals surface area contributed by atoms with Crippen molar-refractivity contribution in [1.29, 1.82) is 0 Å². The molecule has 0 aromatic heterocycles. The quantitative estimate of drug-likeness (QED) is 0.404. The molecule has 0 spiro atoms. The number of unbranched alkanes of at least 4 members (excludes halogenated alkanes) is 1. The molecule has 0 saturated heterocycles. The van der Waals surface area contributed by atoms with Crippen molar-refractivity contribution < 1.29 is 20.1 Å². The van der Waals surface area contributed by atoms with Crippen molar-refractivity contribution in [3.8, 4) is 0 Å². The summed E-state index contributed by atoms with van der Waals surface area (Å²) in [4.78, 5) is 10.1. The fourth-order valence-electron chi connectivity index (χ4n) is 0.940. The number of hydrogen-bond acceptors (Lipinski definition) is 4. The summed E-state index contributed by atoms with van der Waals surface area (Å²) < 4.78 is 0. The van der Waals surface area contributed by atoms with E-state index in [0.717, 1.165) is 6.42 Å². The van der Waals surface area contributed by atoms with Gasteiger partial charge in [-0.25, -0.2) is 0 Å². The number of carbonyl (C=O) groups is 1. The van der Waals surface area contributed by atoms with E-state index in [1.165, 1.54) is 6.92 Å². The monoisotopic (exact) mass is 205 g/mol. The van der Waals surface area contributed by atoms with Gasteiger partial charge < -0.3 is 20.6 Å². The minimum absolute atomic E-state index is 0.179. The molecule has 4 N–H and O–H groups in total. The minimum Gasteiger partial charge on any atom is -0.481 e. The number of aliphatic hydroxyl groups excluding tert-OH is 1. The summed E-state index contributed by atoms with van der Waals surface area (Å²) in [6.45, 7) is 2.23. The molecule has 0 aliphatic rings. The second-order valence-corrected chi connectivity index (χ2v) is 3.68. The normalized spacial score (nSPS) is 15.1. The second kappa shape index (κ2) is 6.75. The average Bonchev–Trinajstić information content (AvgIpc) is 2.10. The van der Waals surface area contributed by atoms with Gasteiger partial charge in [-0.1, -0.05) is 0 Å². The van der Waals surface area contributed by atoms with E-state index in [9.17, 15) is 9.90 Å². The molecule has 0 aliphatic carbocycles. The van der Waals surface area contributed by atoms with Crippen LogP contribution in [0.1, 0.15) is 26.2 Å². The summed E-state index contributed by atoms with van der Waals surface area (Å²) in [7, 11) is 0. The number of carboxylic acid groups (broad SMARTS) is 1. The maximum absolute atomic E-state index is 10.1. The number of hydrogen-bond donors (Lipinski definition) is 4. The van der Waals surface area contributed by atoms with Crippen LogP contribution in [0.4, 0.5) is 0 Å². The zero-order valence-electron chi connectivity index (χ0n) is 8.49. The Morgan fingerprint density at radius 1 is 1.43 bits per heavy atom. The van der Waals surface area contributed by atoms with E-state index in [1.807, 2.05) is 0 Å². The number of aliphatic hydroxyl groups is 2. The molecule has 1 atom stereocenters. The van der Waals surface area contributed by atoms with Crippen molar-refractivity contribution in [2.75, 3.05) is 19.7 Å². The molecule has 0 saturated carbocycles. The summed E-state index contributed by atoms with van der Waals surface area (Å²) in [6.07, 6.45) is 1.56. The predicted octanol–water partition coefficient (Wildman–Crippen LogP) is -0.426. The molecular formula is C9H19NO4. The molecule has 14 heavy (non-hydrogen) atoms. The largest absolute Gasteiger partial charge is 0.481 e. The maximum Gasteiger partial charge on any atom is 0.303 e. The van der Waals surface area contributed by atoms with Crippen molar-refractivity contribution in [3.05, 3.63) is 0 Å². The Bertz CT molecular complexity index is 170. The van der Waals surface area contributed by atoms with Crippen molar-refractivity contribution in [2.45, 2.75) is 31.8 Å². The molecule has 0 amide bonds. The Labute approximate surface area is 83.8 Å². The van der Waals surface area contributed by atoms with Gasteiger partial charge in [0.25, 0.3) is 0 Å². The van der Waals surface area contributed by atoms with Crippen molar-refractivity contribution in [2.24, 2.45) is 0 Å². The van der Waals surface area contributed by atoms with Crippen molar-refractivity contribution >= 4 is 5.97 Å². The number of carboxylic acids is 1. The Morgan fingerprint density at radius 2 is 2.07 bits per heavy atom. The molecule has 0 fully saturated rings. The third-order valence-electron chi connectivity index (χ3n) is 1.84. The molecule has 0 heterocycles. The molecule has 0 aromatic rings. The van der Waals surface area contributed by atoms with Gasteiger partial charge in [0.05, 0.1) is 12.2 Å². The summed E-state index contributed by atoms with van der Waals surface area (Å²) in [5.74, 6) is -0.785. The standard InChI is InChI=1S/C9H19NO4/c1-9(14,7-11)6-10-5-3-2-4-8(12)13/h10-11,14H,2-7H2,1H3,(H,12,13). The number of aliphatic carboxylic acids is 1.